The molecular formula is C19H13F4N3O3. The van der Waals surface area contributed by atoms with Crippen LogP contribution in [0.15, 0.2) is 54.9 Å². The summed E-state index contributed by atoms with van der Waals surface area (Å²) in [6.45, 7) is 1.51. The number of hydrogen-bond donors (Lipinski definition) is 1. The number of nitrogens with zero attached hydrogens (tertiary/aromatic N) is 2. The fraction of sp³-hybridized carbons (Fsp3) is 0.105. The molecule has 0 saturated heterocycles. The maximum absolute atomic E-state index is 13.3. The van der Waals surface area contributed by atoms with Crippen molar-refractivity contribution in [3.8, 4) is 11.5 Å². The predicted octanol–water partition coefficient (Wildman–Crippen LogP) is 4.23. The highest BCUT2D eigenvalue weighted by Crippen LogP contribution is 2.36. The Morgan fingerprint density at radius 2 is 1.90 bits per heavy atom. The van der Waals surface area contributed by atoms with E-state index < -0.39 is 23.5 Å². The Balaban J connectivity index is 1.98. The number of nitrogens with one attached hydrogen (secondary N) is 1. The lowest BCUT2D eigenvalue weighted by Gasteiger charge is -2.15. The molecule has 10 heteroatoms. The summed E-state index contributed by atoms with van der Waals surface area (Å²) in [5.41, 5.74) is -0.717. The monoisotopic (exact) mass is 407 g/mol. The Morgan fingerprint density at radius 3 is 2.52 bits per heavy atom. The van der Waals surface area contributed by atoms with Crippen LogP contribution >= 0.6 is 0 Å². The second-order valence-corrected chi connectivity index (χ2v) is 5.99. The van der Waals surface area contributed by atoms with Crippen LogP contribution in [0.2, 0.25) is 0 Å². The first kappa shape index (κ1) is 20.1. The van der Waals surface area contributed by atoms with Gasteiger partial charge in [0.2, 0.25) is 6.20 Å². The van der Waals surface area contributed by atoms with Crippen molar-refractivity contribution in [1.82, 2.24) is 5.10 Å². The molecule has 29 heavy (non-hydrogen) atoms. The third kappa shape index (κ3) is 4.78. The zero-order valence-corrected chi connectivity index (χ0v) is 14.8. The van der Waals surface area contributed by atoms with Gasteiger partial charge in [0.1, 0.15) is 23.5 Å². The number of halogens is 4. The van der Waals surface area contributed by atoms with E-state index in [1.54, 1.807) is 0 Å². The maximum Gasteiger partial charge on any atom is 0.416 e. The quantitative estimate of drug-likeness (QED) is 0.399. The third-order valence-corrected chi connectivity index (χ3v) is 3.86. The number of carbonyl (C=O) groups is 1. The van der Waals surface area contributed by atoms with Gasteiger partial charge in [-0.25, -0.2) is 4.39 Å². The summed E-state index contributed by atoms with van der Waals surface area (Å²) in [5, 5.41) is 16.8. The Hall–Kier alpha value is -3.69. The molecule has 0 bridgehead atoms. The fourth-order valence-electron chi connectivity index (χ4n) is 2.43. The molecule has 0 saturated carbocycles. The van der Waals surface area contributed by atoms with Gasteiger partial charge in [-0.1, -0.05) is 4.85 Å². The first-order valence-electron chi connectivity index (χ1n) is 8.15. The molecule has 0 aliphatic heterocycles. The van der Waals surface area contributed by atoms with Crippen LogP contribution in [0.5, 0.6) is 11.5 Å². The molecule has 0 spiro atoms. The van der Waals surface area contributed by atoms with Crippen LogP contribution in [0.4, 0.5) is 23.2 Å². The number of hydrogen-bond acceptors (Lipinski definition) is 4. The van der Waals surface area contributed by atoms with Crippen LogP contribution in [0, 0.1) is 17.9 Å². The van der Waals surface area contributed by atoms with Crippen LogP contribution in [0.1, 0.15) is 21.5 Å². The van der Waals surface area contributed by atoms with Crippen LogP contribution in [0.3, 0.4) is 0 Å². The number of aromatic nitrogens is 2. The topological polar surface area (TPSA) is 78.2 Å². The molecule has 0 aliphatic carbocycles. The Bertz CT molecular complexity index is 1050. The van der Waals surface area contributed by atoms with Gasteiger partial charge in [0.15, 0.2) is 0 Å². The molecular weight excluding hydrogens is 394 g/mol. The van der Waals surface area contributed by atoms with E-state index in [9.17, 15) is 27.6 Å². The summed E-state index contributed by atoms with van der Waals surface area (Å²) in [6, 6.07) is 7.16. The second kappa shape index (κ2) is 7.74. The molecule has 150 valence electrons. The van der Waals surface area contributed by atoms with Crippen LogP contribution in [-0.2, 0) is 6.18 Å². The van der Waals surface area contributed by atoms with Gasteiger partial charge in [0, 0.05) is 11.2 Å². The van der Waals surface area contributed by atoms with Gasteiger partial charge in [-0.05, 0) is 48.9 Å². The first-order valence-corrected chi connectivity index (χ1v) is 8.15. The zero-order valence-electron chi connectivity index (χ0n) is 14.8. The first-order chi connectivity index (χ1) is 13.6. The van der Waals surface area contributed by atoms with Gasteiger partial charge < -0.3 is 15.3 Å². The molecule has 1 heterocycles. The summed E-state index contributed by atoms with van der Waals surface area (Å²) in [4.78, 5) is 12.8. The Morgan fingerprint density at radius 1 is 1.14 bits per heavy atom. The molecule has 0 fully saturated rings. The maximum atomic E-state index is 13.3. The minimum atomic E-state index is -4.66. The molecule has 6 nitrogen and oxygen atoms in total. The van der Waals surface area contributed by atoms with Gasteiger partial charge in [-0.15, -0.1) is 0 Å². The van der Waals surface area contributed by atoms with Crippen LogP contribution in [-0.4, -0.2) is 11.0 Å². The molecule has 0 aliphatic rings. The van der Waals surface area contributed by atoms with Gasteiger partial charge >= 0.3 is 6.18 Å². The fourth-order valence-corrected chi connectivity index (χ4v) is 2.43. The molecule has 0 unspecified atom stereocenters. The van der Waals surface area contributed by atoms with Crippen molar-refractivity contribution in [1.29, 1.82) is 0 Å². The average Bonchev–Trinajstić information content (AvgIpc) is 2.65. The summed E-state index contributed by atoms with van der Waals surface area (Å²) < 4.78 is 58.1. The smallest absolute Gasteiger partial charge is 0.416 e. The number of benzene rings is 2. The molecule has 3 rings (SSSR count). The average molecular weight is 407 g/mol. The number of amides is 1. The van der Waals surface area contributed by atoms with Crippen LogP contribution in [0.25, 0.3) is 0 Å². The van der Waals surface area contributed by atoms with Crippen molar-refractivity contribution in [3.63, 3.8) is 0 Å². The summed E-state index contributed by atoms with van der Waals surface area (Å²) in [5.74, 6) is -1.59. The third-order valence-electron chi connectivity index (χ3n) is 3.86. The van der Waals surface area contributed by atoms with E-state index in [1.807, 2.05) is 0 Å². The van der Waals surface area contributed by atoms with Crippen molar-refractivity contribution >= 4 is 11.6 Å². The highest BCUT2D eigenvalue weighted by molar-refractivity contribution is 6.06. The van der Waals surface area contributed by atoms with E-state index >= 15 is 0 Å². The van der Waals surface area contributed by atoms with E-state index in [4.69, 9.17) is 4.74 Å². The second-order valence-electron chi connectivity index (χ2n) is 5.99. The summed E-state index contributed by atoms with van der Waals surface area (Å²) in [7, 11) is 0. The number of carbonyl (C=O) groups excluding carboxylic acids is 1. The van der Waals surface area contributed by atoms with Crippen molar-refractivity contribution in [2.45, 2.75) is 13.1 Å². The molecule has 1 N–H and O–H groups in total. The molecule has 0 atom stereocenters. The number of ether oxygens (including phenoxy) is 1. The van der Waals surface area contributed by atoms with Gasteiger partial charge in [-0.3, -0.25) is 4.79 Å². The minimum Gasteiger partial charge on any atom is -0.594 e. The van der Waals surface area contributed by atoms with E-state index in [0.29, 0.717) is 11.6 Å². The predicted molar refractivity (Wildman–Crippen MR) is 93.8 cm³/mol. The molecule has 1 aromatic heterocycles. The van der Waals surface area contributed by atoms with Gasteiger partial charge in [0.05, 0.1) is 16.8 Å². The van der Waals surface area contributed by atoms with E-state index in [1.165, 1.54) is 19.1 Å². The number of anilines is 1. The zero-order chi connectivity index (χ0) is 21.2. The lowest BCUT2D eigenvalue weighted by atomic mass is 10.1. The van der Waals surface area contributed by atoms with Crippen LogP contribution < -0.4 is 14.9 Å². The number of aryl methyl sites for hydroxylation is 1. The molecule has 0 radical (unpaired) electrons. The lowest BCUT2D eigenvalue weighted by Crippen LogP contribution is -2.29. The van der Waals surface area contributed by atoms with Gasteiger partial charge in [0.25, 0.3) is 5.91 Å². The lowest BCUT2D eigenvalue weighted by molar-refractivity contribution is -0.669. The van der Waals surface area contributed by atoms with Crippen molar-refractivity contribution in [2.24, 2.45) is 0 Å². The highest BCUT2D eigenvalue weighted by Gasteiger charge is 2.32. The van der Waals surface area contributed by atoms with E-state index in [-0.39, 0.29) is 27.6 Å². The SMILES string of the molecule is Cc1cc(F)ccc1Oc1cc(C(F)(F)F)ccc1C(=O)Nc1cc[n+]([O-])nc1. The van der Waals surface area contributed by atoms with Crippen molar-refractivity contribution in [2.75, 3.05) is 5.32 Å². The number of alkyl halides is 3. The van der Waals surface area contributed by atoms with Crippen molar-refractivity contribution < 1.29 is 31.9 Å². The molecule has 1 amide bonds. The Labute approximate surface area is 161 Å². The van der Waals surface area contributed by atoms with Crippen molar-refractivity contribution in [3.05, 3.63) is 82.6 Å². The molecule has 3 aromatic rings. The minimum absolute atomic E-state index is 0.0912. The summed E-state index contributed by atoms with van der Waals surface area (Å²) >= 11 is 0. The summed E-state index contributed by atoms with van der Waals surface area (Å²) in [6.07, 6.45) is -2.53. The number of rotatable bonds is 4. The normalized spacial score (nSPS) is 11.2. The van der Waals surface area contributed by atoms with Gasteiger partial charge in [-0.2, -0.15) is 13.2 Å². The van der Waals surface area contributed by atoms with E-state index in [2.05, 4.69) is 10.4 Å². The largest absolute Gasteiger partial charge is 0.594 e. The Kier molecular flexibility index (Phi) is 5.35. The standard InChI is InChI=1S/C19H13F4N3O3/c1-11-8-13(20)3-5-16(11)29-17-9-12(19(21,22)23)2-4-15(17)18(27)25-14-6-7-26(28)24-10-14/h2-10H,1H3,(H,25,27). The van der Waals surface area contributed by atoms with E-state index in [0.717, 1.165) is 36.7 Å². The highest BCUT2D eigenvalue weighted by atomic mass is 19.4. The molecule has 2 aromatic carbocycles.